The maximum atomic E-state index is 13.2. The van der Waals surface area contributed by atoms with Gasteiger partial charge < -0.3 is 0 Å². The number of hydrogen-bond acceptors (Lipinski definition) is 0. The first-order valence-corrected chi connectivity index (χ1v) is 4.93. The first-order valence-electron chi connectivity index (χ1n) is 4.93. The highest BCUT2D eigenvalue weighted by atomic mass is 19.2. The van der Waals surface area contributed by atoms with Gasteiger partial charge >= 0.3 is 0 Å². The predicted octanol–water partition coefficient (Wildman–Crippen LogP) is 4.08. The highest BCUT2D eigenvalue weighted by Crippen LogP contribution is 2.23. The Morgan fingerprint density at radius 3 is 2.00 bits per heavy atom. The average Bonchev–Trinajstić information content (AvgIpc) is 2.07. The zero-order chi connectivity index (χ0) is 11.6. The lowest BCUT2D eigenvalue weighted by atomic mass is 9.88. The van der Waals surface area contributed by atoms with Gasteiger partial charge in [0.1, 0.15) is 5.82 Å². The summed E-state index contributed by atoms with van der Waals surface area (Å²) >= 11 is 0. The Morgan fingerprint density at radius 1 is 0.933 bits per heavy atom. The first-order chi connectivity index (χ1) is 6.79. The van der Waals surface area contributed by atoms with E-state index in [-0.39, 0.29) is 11.0 Å². The van der Waals surface area contributed by atoms with E-state index in [0.717, 1.165) is 12.5 Å². The van der Waals surface area contributed by atoms with E-state index >= 15 is 0 Å². The van der Waals surface area contributed by atoms with Crippen LogP contribution in [-0.2, 0) is 6.42 Å². The third kappa shape index (κ3) is 3.57. The molecule has 0 N–H and O–H groups in total. The Hall–Kier alpha value is -0.990. The molecule has 0 aliphatic rings. The quantitative estimate of drug-likeness (QED) is 0.653. The Bertz CT molecular complexity index is 351. The molecule has 1 aromatic carbocycles. The fourth-order valence-corrected chi connectivity index (χ4v) is 1.27. The standard InChI is InChI=1S/C12H15F3/c1-12(2,3)5-4-8-6-10(14)11(15)7-9(8)13/h6-7H,4-5H2,1-3H3. The molecule has 0 aromatic heterocycles. The molecule has 0 saturated heterocycles. The van der Waals surface area contributed by atoms with E-state index in [9.17, 15) is 13.2 Å². The normalized spacial score (nSPS) is 11.9. The number of aryl methyl sites for hydroxylation is 1. The number of hydrogen-bond donors (Lipinski definition) is 0. The second kappa shape index (κ2) is 4.25. The number of halogens is 3. The van der Waals surface area contributed by atoms with Gasteiger partial charge in [-0.25, -0.2) is 13.2 Å². The van der Waals surface area contributed by atoms with Gasteiger partial charge in [-0.3, -0.25) is 0 Å². The van der Waals surface area contributed by atoms with Crippen LogP contribution < -0.4 is 0 Å². The lowest BCUT2D eigenvalue weighted by molar-refractivity contribution is 0.374. The summed E-state index contributed by atoms with van der Waals surface area (Å²) in [5, 5.41) is 0. The Balaban J connectivity index is 2.82. The molecule has 0 aliphatic heterocycles. The van der Waals surface area contributed by atoms with Gasteiger partial charge in [-0.2, -0.15) is 0 Å². The molecule has 84 valence electrons. The van der Waals surface area contributed by atoms with Crippen molar-refractivity contribution in [2.75, 3.05) is 0 Å². The van der Waals surface area contributed by atoms with Crippen molar-refractivity contribution in [2.24, 2.45) is 5.41 Å². The zero-order valence-corrected chi connectivity index (χ0v) is 9.20. The van der Waals surface area contributed by atoms with E-state index in [1.807, 2.05) is 20.8 Å². The smallest absolute Gasteiger partial charge is 0.161 e. The lowest BCUT2D eigenvalue weighted by Gasteiger charge is -2.17. The molecule has 0 atom stereocenters. The maximum Gasteiger partial charge on any atom is 0.161 e. The van der Waals surface area contributed by atoms with Crippen LogP contribution in [0.15, 0.2) is 12.1 Å². The monoisotopic (exact) mass is 216 g/mol. The van der Waals surface area contributed by atoms with Crippen LogP contribution in [0, 0.1) is 22.9 Å². The van der Waals surface area contributed by atoms with Crippen molar-refractivity contribution in [2.45, 2.75) is 33.6 Å². The van der Waals surface area contributed by atoms with Crippen molar-refractivity contribution in [3.8, 4) is 0 Å². The molecule has 3 heteroatoms. The Morgan fingerprint density at radius 2 is 1.47 bits per heavy atom. The number of rotatable bonds is 2. The highest BCUT2D eigenvalue weighted by molar-refractivity contribution is 5.20. The molecule has 1 rings (SSSR count). The fraction of sp³-hybridized carbons (Fsp3) is 0.500. The molecule has 0 radical (unpaired) electrons. The van der Waals surface area contributed by atoms with Crippen molar-refractivity contribution in [1.29, 1.82) is 0 Å². The summed E-state index contributed by atoms with van der Waals surface area (Å²) < 4.78 is 38.7. The van der Waals surface area contributed by atoms with Crippen LogP contribution in [-0.4, -0.2) is 0 Å². The topological polar surface area (TPSA) is 0 Å². The SMILES string of the molecule is CC(C)(C)CCc1cc(F)c(F)cc1F. The first kappa shape index (κ1) is 12.1. The van der Waals surface area contributed by atoms with Gasteiger partial charge in [0.05, 0.1) is 0 Å². The molecule has 0 amide bonds. The highest BCUT2D eigenvalue weighted by Gasteiger charge is 2.14. The molecular weight excluding hydrogens is 201 g/mol. The van der Waals surface area contributed by atoms with Crippen LogP contribution in [0.3, 0.4) is 0 Å². The van der Waals surface area contributed by atoms with Gasteiger partial charge in [0.15, 0.2) is 11.6 Å². The van der Waals surface area contributed by atoms with Gasteiger partial charge in [0.25, 0.3) is 0 Å². The van der Waals surface area contributed by atoms with E-state index < -0.39 is 17.5 Å². The fourth-order valence-electron chi connectivity index (χ4n) is 1.27. The minimum absolute atomic E-state index is 0.0529. The van der Waals surface area contributed by atoms with Crippen LogP contribution in [0.4, 0.5) is 13.2 Å². The molecule has 0 saturated carbocycles. The van der Waals surface area contributed by atoms with Crippen LogP contribution in [0.5, 0.6) is 0 Å². The van der Waals surface area contributed by atoms with Crippen molar-refractivity contribution >= 4 is 0 Å². The molecule has 0 nitrogen and oxygen atoms in total. The molecule has 15 heavy (non-hydrogen) atoms. The minimum atomic E-state index is -1.13. The third-order valence-corrected chi connectivity index (χ3v) is 2.23. The van der Waals surface area contributed by atoms with Gasteiger partial charge in [-0.05, 0) is 29.9 Å². The number of benzene rings is 1. The van der Waals surface area contributed by atoms with Crippen molar-refractivity contribution in [3.05, 3.63) is 35.1 Å². The Kier molecular flexibility index (Phi) is 3.42. The van der Waals surface area contributed by atoms with E-state index in [4.69, 9.17) is 0 Å². The molecule has 0 heterocycles. The minimum Gasteiger partial charge on any atom is -0.207 e. The summed E-state index contributed by atoms with van der Waals surface area (Å²) in [7, 11) is 0. The van der Waals surface area contributed by atoms with E-state index in [2.05, 4.69) is 0 Å². The molecular formula is C12H15F3. The van der Waals surface area contributed by atoms with Gasteiger partial charge in [-0.15, -0.1) is 0 Å². The largest absolute Gasteiger partial charge is 0.207 e. The second-order valence-corrected chi connectivity index (χ2v) is 4.92. The summed E-state index contributed by atoms with van der Waals surface area (Å²) in [6, 6.07) is 1.55. The van der Waals surface area contributed by atoms with E-state index in [0.29, 0.717) is 12.5 Å². The summed E-state index contributed by atoms with van der Waals surface area (Å²) in [5.41, 5.74) is 0.293. The maximum absolute atomic E-state index is 13.2. The van der Waals surface area contributed by atoms with Crippen molar-refractivity contribution in [3.63, 3.8) is 0 Å². The zero-order valence-electron chi connectivity index (χ0n) is 9.20. The van der Waals surface area contributed by atoms with Crippen LogP contribution in [0.2, 0.25) is 0 Å². The average molecular weight is 216 g/mol. The second-order valence-electron chi connectivity index (χ2n) is 4.92. The molecule has 0 bridgehead atoms. The molecule has 1 aromatic rings. The lowest BCUT2D eigenvalue weighted by Crippen LogP contribution is -2.07. The summed E-state index contributed by atoms with van der Waals surface area (Å²) in [4.78, 5) is 0. The molecule has 0 aliphatic carbocycles. The van der Waals surface area contributed by atoms with Crippen LogP contribution in [0.25, 0.3) is 0 Å². The van der Waals surface area contributed by atoms with E-state index in [1.165, 1.54) is 0 Å². The van der Waals surface area contributed by atoms with Gasteiger partial charge in [0, 0.05) is 6.07 Å². The van der Waals surface area contributed by atoms with Crippen LogP contribution in [0.1, 0.15) is 32.8 Å². The van der Waals surface area contributed by atoms with Gasteiger partial charge in [-0.1, -0.05) is 20.8 Å². The molecule has 0 fully saturated rings. The summed E-state index contributed by atoms with van der Waals surface area (Å²) in [6.45, 7) is 6.06. The third-order valence-electron chi connectivity index (χ3n) is 2.23. The van der Waals surface area contributed by atoms with Crippen molar-refractivity contribution < 1.29 is 13.2 Å². The van der Waals surface area contributed by atoms with Gasteiger partial charge in [0.2, 0.25) is 0 Å². The van der Waals surface area contributed by atoms with Crippen molar-refractivity contribution in [1.82, 2.24) is 0 Å². The summed E-state index contributed by atoms with van der Waals surface area (Å²) in [6.07, 6.45) is 1.15. The van der Waals surface area contributed by atoms with Crippen LogP contribution >= 0.6 is 0 Å². The molecule has 0 spiro atoms. The predicted molar refractivity (Wildman–Crippen MR) is 54.1 cm³/mol. The molecule has 0 unspecified atom stereocenters. The summed E-state index contributed by atoms with van der Waals surface area (Å²) in [5.74, 6) is -2.79. The Labute approximate surface area is 88.1 Å². The van der Waals surface area contributed by atoms with E-state index in [1.54, 1.807) is 0 Å².